The van der Waals surface area contributed by atoms with E-state index in [0.29, 0.717) is 24.1 Å². The number of likely N-dealkylation sites (tertiary alicyclic amines) is 1. The standard InChI is InChI=1S/C22H26N4O2S/c1-3-27-18-10-7-17(8-11-18)20-5-4-14-25(20)15-26-22(29)23-21(24-26)13-12-19-9-6-16(2)28-19/h6-13,20H,3-5,14-15H2,1-2H3,(H,23,24,29)/b13-12+. The molecule has 1 aliphatic heterocycles. The van der Waals surface area contributed by atoms with Gasteiger partial charge in [0.05, 0.1) is 13.3 Å². The van der Waals surface area contributed by atoms with E-state index in [-0.39, 0.29) is 0 Å². The van der Waals surface area contributed by atoms with Crippen LogP contribution in [0.5, 0.6) is 5.75 Å². The molecule has 1 unspecified atom stereocenters. The summed E-state index contributed by atoms with van der Waals surface area (Å²) in [6, 6.07) is 12.7. The fraction of sp³-hybridized carbons (Fsp3) is 0.364. The van der Waals surface area contributed by atoms with Gasteiger partial charge in [0.1, 0.15) is 23.1 Å². The van der Waals surface area contributed by atoms with Crippen LogP contribution in [-0.4, -0.2) is 32.8 Å². The van der Waals surface area contributed by atoms with Crippen molar-refractivity contribution in [3.8, 4) is 5.75 Å². The molecule has 3 heterocycles. The molecule has 6 nitrogen and oxygen atoms in total. The fourth-order valence-corrected chi connectivity index (χ4v) is 3.96. The second kappa shape index (κ2) is 8.80. The first-order valence-electron chi connectivity index (χ1n) is 10.0. The molecule has 0 spiro atoms. The number of nitrogens with zero attached hydrogens (tertiary/aromatic N) is 3. The van der Waals surface area contributed by atoms with Crippen LogP contribution in [-0.2, 0) is 6.67 Å². The molecule has 1 fully saturated rings. The molecular formula is C22H26N4O2S. The number of benzene rings is 1. The highest BCUT2D eigenvalue weighted by Crippen LogP contribution is 2.33. The van der Waals surface area contributed by atoms with Crippen LogP contribution < -0.4 is 4.74 Å². The second-order valence-corrected chi connectivity index (χ2v) is 7.58. The molecular weight excluding hydrogens is 384 g/mol. The SMILES string of the molecule is CCOc1ccc(C2CCCN2Cn2[nH]c(/C=C/c3ccc(C)o3)nc2=S)cc1. The van der Waals surface area contributed by atoms with Crippen molar-refractivity contribution in [2.45, 2.75) is 39.4 Å². The summed E-state index contributed by atoms with van der Waals surface area (Å²) in [7, 11) is 0. The molecule has 2 aromatic heterocycles. The Morgan fingerprint density at radius 1 is 1.24 bits per heavy atom. The lowest BCUT2D eigenvalue weighted by molar-refractivity contribution is 0.190. The predicted octanol–water partition coefficient (Wildman–Crippen LogP) is 5.21. The minimum absolute atomic E-state index is 0.376. The van der Waals surface area contributed by atoms with Crippen molar-refractivity contribution >= 4 is 24.4 Å². The zero-order chi connectivity index (χ0) is 20.2. The quantitative estimate of drug-likeness (QED) is 0.542. The van der Waals surface area contributed by atoms with Crippen LogP contribution in [0.3, 0.4) is 0 Å². The van der Waals surface area contributed by atoms with Crippen LogP contribution in [0.2, 0.25) is 0 Å². The molecule has 0 amide bonds. The minimum atomic E-state index is 0.376. The highest BCUT2D eigenvalue weighted by Gasteiger charge is 2.26. The summed E-state index contributed by atoms with van der Waals surface area (Å²) in [5.41, 5.74) is 1.31. The van der Waals surface area contributed by atoms with Crippen LogP contribution in [0.25, 0.3) is 12.2 Å². The van der Waals surface area contributed by atoms with Gasteiger partial charge in [-0.3, -0.25) is 10.00 Å². The van der Waals surface area contributed by atoms with Gasteiger partial charge in [-0.05, 0) is 80.9 Å². The van der Waals surface area contributed by atoms with E-state index in [9.17, 15) is 0 Å². The molecule has 4 rings (SSSR count). The van der Waals surface area contributed by atoms with Crippen molar-refractivity contribution in [1.29, 1.82) is 0 Å². The summed E-state index contributed by atoms with van der Waals surface area (Å²) in [6.07, 6.45) is 6.09. The number of aromatic amines is 1. The first-order valence-corrected chi connectivity index (χ1v) is 10.4. The molecule has 0 aliphatic carbocycles. The summed E-state index contributed by atoms with van der Waals surface area (Å²) >= 11 is 5.46. The molecule has 0 radical (unpaired) electrons. The van der Waals surface area contributed by atoms with Gasteiger partial charge in [-0.25, -0.2) is 4.68 Å². The second-order valence-electron chi connectivity index (χ2n) is 7.22. The number of H-pyrrole nitrogens is 1. The average molecular weight is 411 g/mol. The minimum Gasteiger partial charge on any atom is -0.494 e. The predicted molar refractivity (Wildman–Crippen MR) is 116 cm³/mol. The third-order valence-corrected chi connectivity index (χ3v) is 5.44. The van der Waals surface area contributed by atoms with Crippen molar-refractivity contribution in [3.63, 3.8) is 0 Å². The van der Waals surface area contributed by atoms with Gasteiger partial charge in [0.2, 0.25) is 4.77 Å². The monoisotopic (exact) mass is 410 g/mol. The smallest absolute Gasteiger partial charge is 0.217 e. The van der Waals surface area contributed by atoms with E-state index < -0.39 is 0 Å². The molecule has 29 heavy (non-hydrogen) atoms. The number of rotatable bonds is 7. The third kappa shape index (κ3) is 4.68. The lowest BCUT2D eigenvalue weighted by atomic mass is 10.0. The van der Waals surface area contributed by atoms with Crippen LogP contribution in [0.15, 0.2) is 40.8 Å². The number of aromatic nitrogens is 3. The van der Waals surface area contributed by atoms with Gasteiger partial charge in [0.15, 0.2) is 0 Å². The topological polar surface area (TPSA) is 59.2 Å². The van der Waals surface area contributed by atoms with Crippen LogP contribution in [0, 0.1) is 11.7 Å². The molecule has 1 aliphatic rings. The van der Waals surface area contributed by atoms with Crippen molar-refractivity contribution in [2.75, 3.05) is 13.2 Å². The molecule has 3 aromatic rings. The Bertz CT molecular complexity index is 1030. The van der Waals surface area contributed by atoms with Crippen LogP contribution in [0.1, 0.15) is 48.7 Å². The summed E-state index contributed by atoms with van der Waals surface area (Å²) in [6.45, 7) is 6.34. The summed E-state index contributed by atoms with van der Waals surface area (Å²) in [5, 5.41) is 3.29. The van der Waals surface area contributed by atoms with E-state index in [2.05, 4.69) is 39.2 Å². The van der Waals surface area contributed by atoms with E-state index in [1.165, 1.54) is 12.0 Å². The number of hydrogen-bond donors (Lipinski definition) is 1. The number of ether oxygens (including phenoxy) is 1. The first kappa shape index (κ1) is 19.7. The zero-order valence-electron chi connectivity index (χ0n) is 16.8. The Morgan fingerprint density at radius 3 is 2.79 bits per heavy atom. The largest absolute Gasteiger partial charge is 0.494 e. The Kier molecular flexibility index (Phi) is 5.97. The maximum absolute atomic E-state index is 5.56. The molecule has 7 heteroatoms. The van der Waals surface area contributed by atoms with Crippen molar-refractivity contribution in [1.82, 2.24) is 19.7 Å². The summed E-state index contributed by atoms with van der Waals surface area (Å²) in [4.78, 5) is 6.89. The van der Waals surface area contributed by atoms with Crippen molar-refractivity contribution < 1.29 is 9.15 Å². The Balaban J connectivity index is 1.46. The van der Waals surface area contributed by atoms with Crippen LogP contribution >= 0.6 is 12.2 Å². The zero-order valence-corrected chi connectivity index (χ0v) is 17.6. The highest BCUT2D eigenvalue weighted by molar-refractivity contribution is 7.71. The normalized spacial score (nSPS) is 17.4. The van der Waals surface area contributed by atoms with Gasteiger partial charge in [-0.15, -0.1) is 0 Å². The molecule has 1 aromatic carbocycles. The van der Waals surface area contributed by atoms with Gasteiger partial charge in [-0.1, -0.05) is 12.1 Å². The molecule has 1 N–H and O–H groups in total. The van der Waals surface area contributed by atoms with E-state index in [1.54, 1.807) is 0 Å². The van der Waals surface area contributed by atoms with Gasteiger partial charge >= 0.3 is 0 Å². The van der Waals surface area contributed by atoms with E-state index in [4.69, 9.17) is 21.4 Å². The van der Waals surface area contributed by atoms with Gasteiger partial charge < -0.3 is 9.15 Å². The fourth-order valence-electron chi connectivity index (χ4n) is 3.76. The van der Waals surface area contributed by atoms with Crippen molar-refractivity contribution in [3.05, 3.63) is 64.1 Å². The number of nitrogens with one attached hydrogen (secondary N) is 1. The van der Waals surface area contributed by atoms with Crippen LogP contribution in [0.4, 0.5) is 0 Å². The van der Waals surface area contributed by atoms with E-state index in [0.717, 1.165) is 36.1 Å². The molecule has 1 saturated heterocycles. The van der Waals surface area contributed by atoms with E-state index in [1.807, 2.05) is 42.8 Å². The number of furan rings is 1. The maximum atomic E-state index is 5.56. The Morgan fingerprint density at radius 2 is 2.07 bits per heavy atom. The van der Waals surface area contributed by atoms with Gasteiger partial charge in [0, 0.05) is 12.6 Å². The summed E-state index contributed by atoms with van der Waals surface area (Å²) in [5.74, 6) is 3.32. The van der Waals surface area contributed by atoms with Crippen molar-refractivity contribution in [2.24, 2.45) is 0 Å². The first-order chi connectivity index (χ1) is 14.1. The molecule has 0 bridgehead atoms. The Hall–Kier alpha value is -2.64. The summed E-state index contributed by atoms with van der Waals surface area (Å²) < 4.78 is 13.6. The Labute approximate surface area is 175 Å². The molecule has 1 atom stereocenters. The highest BCUT2D eigenvalue weighted by atomic mass is 32.1. The van der Waals surface area contributed by atoms with Gasteiger partial charge in [-0.2, -0.15) is 4.98 Å². The average Bonchev–Trinajstić information content (AvgIpc) is 3.43. The number of aryl methyl sites for hydroxylation is 1. The molecule has 0 saturated carbocycles. The number of hydrogen-bond acceptors (Lipinski definition) is 5. The lowest BCUT2D eigenvalue weighted by Crippen LogP contribution is -2.26. The maximum Gasteiger partial charge on any atom is 0.217 e. The van der Waals surface area contributed by atoms with E-state index >= 15 is 0 Å². The van der Waals surface area contributed by atoms with Gasteiger partial charge in [0.25, 0.3) is 0 Å². The molecule has 152 valence electrons. The lowest BCUT2D eigenvalue weighted by Gasteiger charge is -2.25. The third-order valence-electron chi connectivity index (χ3n) is 5.13.